The normalized spacial score (nSPS) is 11.1. The van der Waals surface area contributed by atoms with E-state index in [4.69, 9.17) is 4.98 Å². The minimum absolute atomic E-state index is 0.982. The van der Waals surface area contributed by atoms with E-state index in [1.165, 1.54) is 44.3 Å². The zero-order chi connectivity index (χ0) is 28.5. The molecule has 0 bridgehead atoms. The van der Waals surface area contributed by atoms with Crippen LogP contribution in [0.4, 0.5) is 0 Å². The van der Waals surface area contributed by atoms with Crippen LogP contribution < -0.4 is 0 Å². The average molecular weight is 539 g/mol. The summed E-state index contributed by atoms with van der Waals surface area (Å²) in [6.07, 6.45) is 5.90. The number of hydrogen-bond donors (Lipinski definition) is 0. The van der Waals surface area contributed by atoms with E-state index in [9.17, 15) is 0 Å². The van der Waals surface area contributed by atoms with Crippen molar-refractivity contribution < 1.29 is 0 Å². The van der Waals surface area contributed by atoms with Crippen LogP contribution in [0.2, 0.25) is 0 Å². The van der Waals surface area contributed by atoms with Gasteiger partial charge in [-0.15, -0.1) is 0 Å². The highest BCUT2D eigenvalue weighted by Gasteiger charge is 2.16. The van der Waals surface area contributed by atoms with Crippen LogP contribution in [0.15, 0.2) is 146 Å². The summed E-state index contributed by atoms with van der Waals surface area (Å²) in [7, 11) is 0. The van der Waals surface area contributed by atoms with Gasteiger partial charge in [0.15, 0.2) is 0 Å². The molecule has 2 heterocycles. The van der Waals surface area contributed by atoms with Crippen molar-refractivity contribution in [1.82, 2.24) is 9.97 Å². The molecule has 7 aromatic rings. The summed E-state index contributed by atoms with van der Waals surface area (Å²) in [5.74, 6) is 0. The quantitative estimate of drug-likeness (QED) is 0.218. The van der Waals surface area contributed by atoms with E-state index in [1.807, 2.05) is 24.7 Å². The summed E-state index contributed by atoms with van der Waals surface area (Å²) in [4.78, 5) is 9.43. The van der Waals surface area contributed by atoms with Crippen LogP contribution in [0.25, 0.3) is 66.5 Å². The standard InChI is InChI=1S/C40H30N2/c1-27-20-21-42-39(22-27)33-15-9-14-31(23-33)35-19-18-34(32-17-16-28(2)36(24-32)29-10-5-3-6-11-29)38-26-41-25-37(40(35)38)30-12-7-4-8-13-30/h3-26H,1-2H3. The van der Waals surface area contributed by atoms with Gasteiger partial charge in [0.1, 0.15) is 0 Å². The average Bonchev–Trinajstić information content (AvgIpc) is 3.05. The van der Waals surface area contributed by atoms with Crippen LogP contribution >= 0.6 is 0 Å². The van der Waals surface area contributed by atoms with Gasteiger partial charge in [0.2, 0.25) is 0 Å². The van der Waals surface area contributed by atoms with E-state index in [2.05, 4.69) is 140 Å². The molecule has 0 aliphatic rings. The van der Waals surface area contributed by atoms with Gasteiger partial charge >= 0.3 is 0 Å². The van der Waals surface area contributed by atoms with Crippen molar-refractivity contribution in [1.29, 1.82) is 0 Å². The Bertz CT molecular complexity index is 2040. The first-order valence-electron chi connectivity index (χ1n) is 14.3. The molecule has 2 aromatic heterocycles. The first-order valence-corrected chi connectivity index (χ1v) is 14.3. The van der Waals surface area contributed by atoms with Gasteiger partial charge in [0.25, 0.3) is 0 Å². The van der Waals surface area contributed by atoms with E-state index in [0.717, 1.165) is 33.3 Å². The predicted molar refractivity (Wildman–Crippen MR) is 176 cm³/mol. The lowest BCUT2D eigenvalue weighted by Crippen LogP contribution is -1.93. The number of hydrogen-bond acceptors (Lipinski definition) is 2. The molecule has 7 rings (SSSR count). The second kappa shape index (κ2) is 10.9. The molecule has 0 N–H and O–H groups in total. The summed E-state index contributed by atoms with van der Waals surface area (Å²) in [5.41, 5.74) is 14.0. The van der Waals surface area contributed by atoms with Crippen LogP contribution in [0.5, 0.6) is 0 Å². The van der Waals surface area contributed by atoms with Gasteiger partial charge in [0, 0.05) is 40.5 Å². The molecule has 2 heteroatoms. The van der Waals surface area contributed by atoms with Crippen molar-refractivity contribution in [2.24, 2.45) is 0 Å². The Hall–Kier alpha value is -5.34. The number of fused-ring (bicyclic) bond motifs is 1. The fourth-order valence-electron chi connectivity index (χ4n) is 5.88. The van der Waals surface area contributed by atoms with Crippen molar-refractivity contribution in [3.8, 4) is 55.8 Å². The Balaban J connectivity index is 1.47. The van der Waals surface area contributed by atoms with Gasteiger partial charge < -0.3 is 0 Å². The van der Waals surface area contributed by atoms with Crippen LogP contribution in [0.1, 0.15) is 11.1 Å². The first kappa shape index (κ1) is 25.6. The molecule has 0 saturated heterocycles. The van der Waals surface area contributed by atoms with Crippen LogP contribution in [0, 0.1) is 13.8 Å². The highest BCUT2D eigenvalue weighted by molar-refractivity contribution is 6.11. The lowest BCUT2D eigenvalue weighted by Gasteiger charge is -2.17. The minimum Gasteiger partial charge on any atom is -0.263 e. The largest absolute Gasteiger partial charge is 0.263 e. The highest BCUT2D eigenvalue weighted by Crippen LogP contribution is 2.42. The molecule has 0 aliphatic carbocycles. The summed E-state index contributed by atoms with van der Waals surface area (Å²) in [6, 6.07) is 45.4. The van der Waals surface area contributed by atoms with Crippen molar-refractivity contribution in [2.45, 2.75) is 13.8 Å². The zero-order valence-electron chi connectivity index (χ0n) is 23.8. The number of aromatic nitrogens is 2. The fraction of sp³-hybridized carbons (Fsp3) is 0.0500. The van der Waals surface area contributed by atoms with Gasteiger partial charge in [-0.2, -0.15) is 0 Å². The van der Waals surface area contributed by atoms with Crippen molar-refractivity contribution >= 4 is 10.8 Å². The molecule has 0 fully saturated rings. The molecule has 0 unspecified atom stereocenters. The summed E-state index contributed by atoms with van der Waals surface area (Å²) in [6.45, 7) is 4.28. The van der Waals surface area contributed by atoms with E-state index in [0.29, 0.717) is 0 Å². The maximum absolute atomic E-state index is 4.77. The zero-order valence-corrected chi connectivity index (χ0v) is 23.8. The van der Waals surface area contributed by atoms with Gasteiger partial charge in [-0.25, -0.2) is 0 Å². The smallest absolute Gasteiger partial charge is 0.0704 e. The Labute approximate surface area is 247 Å². The lowest BCUT2D eigenvalue weighted by atomic mass is 9.87. The van der Waals surface area contributed by atoms with Gasteiger partial charge in [0.05, 0.1) is 5.69 Å². The van der Waals surface area contributed by atoms with E-state index in [-0.39, 0.29) is 0 Å². The second-order valence-corrected chi connectivity index (χ2v) is 10.8. The molecular formula is C40H30N2. The van der Waals surface area contributed by atoms with Gasteiger partial charge in [-0.3, -0.25) is 9.97 Å². The minimum atomic E-state index is 0.982. The molecule has 0 saturated carbocycles. The summed E-state index contributed by atoms with van der Waals surface area (Å²) < 4.78 is 0. The Kier molecular flexibility index (Phi) is 6.65. The molecule has 0 aliphatic heterocycles. The Morgan fingerprint density at radius 2 is 1.12 bits per heavy atom. The van der Waals surface area contributed by atoms with Crippen LogP contribution in [-0.4, -0.2) is 9.97 Å². The molecular weight excluding hydrogens is 508 g/mol. The Morgan fingerprint density at radius 1 is 0.452 bits per heavy atom. The number of benzene rings is 5. The maximum Gasteiger partial charge on any atom is 0.0704 e. The second-order valence-electron chi connectivity index (χ2n) is 10.8. The third-order valence-electron chi connectivity index (χ3n) is 8.03. The summed E-state index contributed by atoms with van der Waals surface area (Å²) in [5, 5.41) is 2.33. The van der Waals surface area contributed by atoms with Gasteiger partial charge in [-0.1, -0.05) is 103 Å². The number of nitrogens with zero attached hydrogens (tertiary/aromatic N) is 2. The number of aryl methyl sites for hydroxylation is 2. The third-order valence-corrected chi connectivity index (χ3v) is 8.03. The molecule has 0 amide bonds. The maximum atomic E-state index is 4.77. The molecule has 42 heavy (non-hydrogen) atoms. The lowest BCUT2D eigenvalue weighted by molar-refractivity contribution is 1.29. The SMILES string of the molecule is Cc1ccnc(-c2cccc(-c3ccc(-c4ccc(C)c(-c5ccccc5)c4)c4cncc(-c5ccccc5)c34)c2)c1. The van der Waals surface area contributed by atoms with E-state index < -0.39 is 0 Å². The fourth-order valence-corrected chi connectivity index (χ4v) is 5.88. The molecule has 0 spiro atoms. The van der Waals surface area contributed by atoms with Crippen molar-refractivity contribution in [3.63, 3.8) is 0 Å². The Morgan fingerprint density at radius 3 is 1.88 bits per heavy atom. The molecule has 2 nitrogen and oxygen atoms in total. The topological polar surface area (TPSA) is 25.8 Å². The summed E-state index contributed by atoms with van der Waals surface area (Å²) >= 11 is 0. The van der Waals surface area contributed by atoms with Crippen LogP contribution in [-0.2, 0) is 0 Å². The molecule has 200 valence electrons. The molecule has 0 radical (unpaired) electrons. The van der Waals surface area contributed by atoms with Crippen molar-refractivity contribution in [2.75, 3.05) is 0 Å². The number of pyridine rings is 2. The van der Waals surface area contributed by atoms with Gasteiger partial charge in [-0.05, 0) is 88.2 Å². The molecule has 5 aromatic carbocycles. The van der Waals surface area contributed by atoms with E-state index >= 15 is 0 Å². The van der Waals surface area contributed by atoms with Crippen molar-refractivity contribution in [3.05, 3.63) is 157 Å². The first-order chi connectivity index (χ1) is 20.7. The molecule has 0 atom stereocenters. The predicted octanol–water partition coefficient (Wildman–Crippen LogP) is 10.6. The van der Waals surface area contributed by atoms with E-state index in [1.54, 1.807) is 0 Å². The monoisotopic (exact) mass is 538 g/mol. The van der Waals surface area contributed by atoms with Crippen LogP contribution in [0.3, 0.4) is 0 Å². The highest BCUT2D eigenvalue weighted by atomic mass is 14.7. The third kappa shape index (κ3) is 4.78. The number of rotatable bonds is 5.